The Balaban J connectivity index is 1.31. The van der Waals surface area contributed by atoms with E-state index in [9.17, 15) is 37.5 Å². The van der Waals surface area contributed by atoms with Crippen molar-refractivity contribution < 1.29 is 42.3 Å². The number of hydrogen-bond donors (Lipinski definition) is 3. The lowest BCUT2D eigenvalue weighted by molar-refractivity contribution is -0.167. The number of thiazole rings is 1. The Morgan fingerprint density at radius 3 is 2.67 bits per heavy atom. The van der Waals surface area contributed by atoms with Crippen molar-refractivity contribution in [2.45, 2.75) is 54.5 Å². The summed E-state index contributed by atoms with van der Waals surface area (Å²) in [5.41, 5.74) is -0.305. The predicted octanol–water partition coefficient (Wildman–Crippen LogP) is 1.36. The van der Waals surface area contributed by atoms with E-state index in [4.69, 9.17) is 4.84 Å². The Hall–Kier alpha value is -3.72. The fourth-order valence-electron chi connectivity index (χ4n) is 4.43. The summed E-state index contributed by atoms with van der Waals surface area (Å²) in [7, 11) is 1.63. The summed E-state index contributed by atoms with van der Waals surface area (Å²) in [4.78, 5) is 60.5. The van der Waals surface area contributed by atoms with E-state index in [2.05, 4.69) is 31.0 Å². The molecular formula is C22H22F3N9O6S3. The lowest BCUT2D eigenvalue weighted by Crippen LogP contribution is -2.71. The molecule has 5 rings (SSSR count). The molecule has 0 radical (unpaired) electrons. The minimum Gasteiger partial charge on any atom is -0.477 e. The van der Waals surface area contributed by atoms with Gasteiger partial charge >= 0.3 is 18.1 Å². The van der Waals surface area contributed by atoms with Crippen LogP contribution in [0, 0.1) is 0 Å². The molecule has 1 saturated heterocycles. The topological polar surface area (TPSA) is 194 Å². The molecule has 1 aliphatic carbocycles. The SMILES string of the molecule is Cn1nnnc1SCC1=C(C(=O)O)N2C(=O)C(NC(=O)C(=NOC3CCCC3)c3csc(NC(=O)C(F)(F)F)n3)[C@H]2SC1. The number of aliphatic carboxylic acids is 1. The average Bonchev–Trinajstić information content (AvgIpc) is 3.73. The number of carboxylic acid groups (broad SMARTS) is 1. The van der Waals surface area contributed by atoms with E-state index in [1.807, 2.05) is 0 Å². The number of anilines is 1. The second-order valence-corrected chi connectivity index (χ2v) is 12.3. The van der Waals surface area contributed by atoms with Gasteiger partial charge in [-0.15, -0.1) is 28.2 Å². The Bertz CT molecular complexity index is 1500. The summed E-state index contributed by atoms with van der Waals surface area (Å²) in [6.45, 7) is 0. The fourth-order valence-corrected chi connectivity index (χ4v) is 7.46. The van der Waals surface area contributed by atoms with Gasteiger partial charge in [-0.25, -0.2) is 14.5 Å². The zero-order chi connectivity index (χ0) is 30.9. The third-order valence-electron chi connectivity index (χ3n) is 6.53. The summed E-state index contributed by atoms with van der Waals surface area (Å²) in [5.74, 6) is -4.66. The standard InChI is InChI=1S/C22H22F3N9O6S3/c1-33-21(29-31-32-33)43-7-9-6-41-17-13(16(36)34(17)14(9)18(37)38)27-15(35)12(30-40-10-4-2-3-5-10)11-8-42-20(26-11)28-19(39)22(23,24)25/h8,10,13,17H,2-7H2,1H3,(H,27,35)(H,37,38)(H,26,28,39)/t13?,17-/m1/s1. The fraction of sp³-hybridized carbons (Fsp3) is 0.500. The van der Waals surface area contributed by atoms with Crippen LogP contribution in [0.2, 0.25) is 0 Å². The Morgan fingerprint density at radius 2 is 2.02 bits per heavy atom. The van der Waals surface area contributed by atoms with Crippen molar-refractivity contribution in [3.63, 3.8) is 0 Å². The molecule has 2 aromatic rings. The van der Waals surface area contributed by atoms with Crippen LogP contribution in [0.3, 0.4) is 0 Å². The molecule has 0 bridgehead atoms. The molecule has 3 amide bonds. The number of amides is 3. The van der Waals surface area contributed by atoms with Crippen molar-refractivity contribution in [3.8, 4) is 0 Å². The van der Waals surface area contributed by atoms with Crippen LogP contribution in [0.25, 0.3) is 0 Å². The zero-order valence-corrected chi connectivity index (χ0v) is 24.5. The minimum atomic E-state index is -5.14. The molecule has 15 nitrogen and oxygen atoms in total. The van der Waals surface area contributed by atoms with Crippen LogP contribution in [0.1, 0.15) is 31.4 Å². The van der Waals surface area contributed by atoms with Gasteiger partial charge in [-0.1, -0.05) is 16.9 Å². The van der Waals surface area contributed by atoms with Crippen molar-refractivity contribution in [2.75, 3.05) is 16.8 Å². The number of nitrogens with zero attached hydrogens (tertiary/aromatic N) is 7. The Kier molecular flexibility index (Phi) is 8.92. The quantitative estimate of drug-likeness (QED) is 0.144. The lowest BCUT2D eigenvalue weighted by atomic mass is 10.0. The number of halogens is 3. The molecule has 4 heterocycles. The number of β-lactam (4-membered cyclic amide) rings is 1. The highest BCUT2D eigenvalue weighted by molar-refractivity contribution is 8.01. The van der Waals surface area contributed by atoms with Crippen LogP contribution >= 0.6 is 34.9 Å². The number of carboxylic acids is 1. The number of rotatable bonds is 10. The molecule has 3 N–H and O–H groups in total. The number of hydrogen-bond acceptors (Lipinski definition) is 13. The molecule has 1 unspecified atom stereocenters. The van der Waals surface area contributed by atoms with Gasteiger partial charge in [0.15, 0.2) is 10.8 Å². The number of carbonyl (C=O) groups is 4. The second kappa shape index (κ2) is 12.5. The van der Waals surface area contributed by atoms with Gasteiger partial charge in [0.25, 0.3) is 11.8 Å². The van der Waals surface area contributed by atoms with Gasteiger partial charge < -0.3 is 15.3 Å². The highest BCUT2D eigenvalue weighted by atomic mass is 32.2. The first kappa shape index (κ1) is 30.7. The van der Waals surface area contributed by atoms with Gasteiger partial charge in [0.2, 0.25) is 5.16 Å². The molecule has 21 heteroatoms. The van der Waals surface area contributed by atoms with Crippen LogP contribution in [-0.2, 0) is 31.1 Å². The van der Waals surface area contributed by atoms with Crippen molar-refractivity contribution in [1.29, 1.82) is 0 Å². The van der Waals surface area contributed by atoms with E-state index in [1.54, 1.807) is 12.4 Å². The van der Waals surface area contributed by atoms with Crippen molar-refractivity contribution in [2.24, 2.45) is 12.2 Å². The first-order chi connectivity index (χ1) is 20.4. The molecular weight excluding hydrogens is 639 g/mol. The number of alkyl halides is 3. The third kappa shape index (κ3) is 6.61. The number of aryl methyl sites for hydroxylation is 1. The molecule has 0 spiro atoms. The summed E-state index contributed by atoms with van der Waals surface area (Å²) in [5, 5.41) is 29.6. The maximum atomic E-state index is 13.4. The van der Waals surface area contributed by atoms with Crippen LogP contribution in [0.4, 0.5) is 18.3 Å². The van der Waals surface area contributed by atoms with E-state index >= 15 is 0 Å². The minimum absolute atomic E-state index is 0.179. The summed E-state index contributed by atoms with van der Waals surface area (Å²) in [6.07, 6.45) is -2.25. The number of tetrazole rings is 1. The number of oxime groups is 1. The molecule has 1 saturated carbocycles. The maximum Gasteiger partial charge on any atom is 0.471 e. The first-order valence-electron chi connectivity index (χ1n) is 12.6. The zero-order valence-electron chi connectivity index (χ0n) is 22.0. The average molecular weight is 662 g/mol. The third-order valence-corrected chi connectivity index (χ3v) is 9.72. The molecule has 2 atom stereocenters. The van der Waals surface area contributed by atoms with E-state index in [0.717, 1.165) is 17.7 Å². The van der Waals surface area contributed by atoms with E-state index in [-0.39, 0.29) is 29.0 Å². The predicted molar refractivity (Wildman–Crippen MR) is 146 cm³/mol. The van der Waals surface area contributed by atoms with E-state index in [1.165, 1.54) is 33.6 Å². The van der Waals surface area contributed by atoms with Crippen molar-refractivity contribution >= 4 is 69.4 Å². The second-order valence-electron chi connectivity index (χ2n) is 9.43. The highest BCUT2D eigenvalue weighted by Gasteiger charge is 2.54. The van der Waals surface area contributed by atoms with Gasteiger partial charge in [0, 0.05) is 23.9 Å². The largest absolute Gasteiger partial charge is 0.477 e. The maximum absolute atomic E-state index is 13.4. The normalized spacial score (nSPS) is 21.0. The van der Waals surface area contributed by atoms with E-state index < -0.39 is 52.1 Å². The van der Waals surface area contributed by atoms with Gasteiger partial charge in [0.05, 0.1) is 0 Å². The summed E-state index contributed by atoms with van der Waals surface area (Å²) >= 11 is 3.09. The van der Waals surface area contributed by atoms with E-state index in [0.29, 0.717) is 34.9 Å². The van der Waals surface area contributed by atoms with Crippen LogP contribution in [-0.4, -0.2) is 99.8 Å². The lowest BCUT2D eigenvalue weighted by Gasteiger charge is -2.49. The monoisotopic (exact) mass is 661 g/mol. The van der Waals surface area contributed by atoms with Gasteiger partial charge in [-0.2, -0.15) is 13.2 Å². The molecule has 2 aromatic heterocycles. The number of thioether (sulfide) groups is 2. The number of fused-ring (bicyclic) bond motifs is 1. The summed E-state index contributed by atoms with van der Waals surface area (Å²) < 4.78 is 39.5. The van der Waals surface area contributed by atoms with Crippen LogP contribution in [0.15, 0.2) is 27.0 Å². The van der Waals surface area contributed by atoms with Crippen molar-refractivity contribution in [3.05, 3.63) is 22.3 Å². The summed E-state index contributed by atoms with van der Waals surface area (Å²) in [6, 6.07) is -1.12. The molecule has 2 aliphatic heterocycles. The van der Waals surface area contributed by atoms with Crippen LogP contribution < -0.4 is 10.6 Å². The smallest absolute Gasteiger partial charge is 0.471 e. The molecule has 230 valence electrons. The number of carbonyl (C=O) groups excluding carboxylic acids is 3. The molecule has 43 heavy (non-hydrogen) atoms. The first-order valence-corrected chi connectivity index (χ1v) is 15.5. The van der Waals surface area contributed by atoms with Crippen molar-refractivity contribution in [1.82, 2.24) is 35.4 Å². The number of aromatic nitrogens is 5. The molecule has 3 aliphatic rings. The Morgan fingerprint density at radius 1 is 1.28 bits per heavy atom. The van der Waals surface area contributed by atoms with Crippen LogP contribution in [0.5, 0.6) is 0 Å². The number of nitrogens with one attached hydrogen (secondary N) is 2. The van der Waals surface area contributed by atoms with Gasteiger partial charge in [-0.05, 0) is 41.7 Å². The molecule has 2 fully saturated rings. The van der Waals surface area contributed by atoms with Gasteiger partial charge in [0.1, 0.15) is 28.9 Å². The Labute approximate surface area is 252 Å². The molecule has 0 aromatic carbocycles. The van der Waals surface area contributed by atoms with Gasteiger partial charge in [-0.3, -0.25) is 24.6 Å². The highest BCUT2D eigenvalue weighted by Crippen LogP contribution is 2.41.